The SMILES string of the molecule is COc1cc(C#N)ccc1OCC(=O)NC(c1nc(-c2ccncc2)no1)C(C)C. The van der Waals surface area contributed by atoms with Gasteiger partial charge in [0.25, 0.3) is 5.91 Å². The van der Waals surface area contributed by atoms with Crippen LogP contribution in [0.2, 0.25) is 0 Å². The Kier molecular flexibility index (Phi) is 6.60. The second-order valence-corrected chi connectivity index (χ2v) is 6.75. The van der Waals surface area contributed by atoms with E-state index < -0.39 is 6.04 Å². The normalized spacial score (nSPS) is 11.6. The number of methoxy groups -OCH3 is 1. The van der Waals surface area contributed by atoms with Gasteiger partial charge in [-0.1, -0.05) is 19.0 Å². The third-order valence-electron chi connectivity index (χ3n) is 4.28. The van der Waals surface area contributed by atoms with Crippen LogP contribution < -0.4 is 14.8 Å². The molecular formula is C21H21N5O4. The van der Waals surface area contributed by atoms with Crippen LogP contribution in [0.4, 0.5) is 0 Å². The van der Waals surface area contributed by atoms with Gasteiger partial charge < -0.3 is 19.3 Å². The summed E-state index contributed by atoms with van der Waals surface area (Å²) in [5.41, 5.74) is 1.20. The van der Waals surface area contributed by atoms with Gasteiger partial charge >= 0.3 is 0 Å². The molecule has 0 saturated heterocycles. The summed E-state index contributed by atoms with van der Waals surface area (Å²) < 4.78 is 16.1. The number of nitrogens with one attached hydrogen (secondary N) is 1. The number of amides is 1. The van der Waals surface area contributed by atoms with Crippen molar-refractivity contribution in [2.45, 2.75) is 19.9 Å². The number of ether oxygens (including phenoxy) is 2. The number of aromatic nitrogens is 3. The Labute approximate surface area is 173 Å². The van der Waals surface area contributed by atoms with Crippen molar-refractivity contribution < 1.29 is 18.8 Å². The van der Waals surface area contributed by atoms with Crippen LogP contribution in [0.1, 0.15) is 31.3 Å². The van der Waals surface area contributed by atoms with E-state index in [4.69, 9.17) is 19.3 Å². The number of carbonyl (C=O) groups excluding carboxylic acids is 1. The van der Waals surface area contributed by atoms with Gasteiger partial charge in [0, 0.05) is 24.0 Å². The maximum absolute atomic E-state index is 12.5. The fourth-order valence-corrected chi connectivity index (χ4v) is 2.71. The van der Waals surface area contributed by atoms with E-state index in [1.165, 1.54) is 7.11 Å². The molecule has 0 bridgehead atoms. The molecule has 0 saturated carbocycles. The fourth-order valence-electron chi connectivity index (χ4n) is 2.71. The number of benzene rings is 1. The summed E-state index contributed by atoms with van der Waals surface area (Å²) in [6, 6.07) is 9.81. The van der Waals surface area contributed by atoms with E-state index in [0.717, 1.165) is 5.56 Å². The summed E-state index contributed by atoms with van der Waals surface area (Å²) >= 11 is 0. The zero-order valence-corrected chi connectivity index (χ0v) is 16.8. The lowest BCUT2D eigenvalue weighted by Gasteiger charge is -2.19. The molecule has 0 aliphatic heterocycles. The molecule has 0 aliphatic carbocycles. The van der Waals surface area contributed by atoms with Gasteiger partial charge in [-0.25, -0.2) is 0 Å². The van der Waals surface area contributed by atoms with Crippen molar-refractivity contribution in [1.29, 1.82) is 5.26 Å². The lowest BCUT2D eigenvalue weighted by atomic mass is 10.0. The minimum absolute atomic E-state index is 0.00383. The predicted molar refractivity (Wildman–Crippen MR) is 106 cm³/mol. The molecule has 1 N–H and O–H groups in total. The zero-order valence-electron chi connectivity index (χ0n) is 16.8. The molecule has 1 unspecified atom stereocenters. The molecule has 9 nitrogen and oxygen atoms in total. The van der Waals surface area contributed by atoms with E-state index in [1.54, 1.807) is 42.7 Å². The molecule has 3 rings (SSSR count). The molecule has 1 aromatic carbocycles. The molecule has 154 valence electrons. The van der Waals surface area contributed by atoms with Gasteiger partial charge in [-0.15, -0.1) is 0 Å². The summed E-state index contributed by atoms with van der Waals surface area (Å²) in [4.78, 5) is 20.9. The highest BCUT2D eigenvalue weighted by molar-refractivity contribution is 5.78. The lowest BCUT2D eigenvalue weighted by Crippen LogP contribution is -2.35. The number of carbonyl (C=O) groups is 1. The largest absolute Gasteiger partial charge is 0.493 e. The molecule has 0 aliphatic rings. The standard InChI is InChI=1S/C21H21N5O4/c1-13(2)19(21-25-20(26-30-21)15-6-8-23-9-7-15)24-18(27)12-29-16-5-4-14(11-22)10-17(16)28-3/h4-10,13,19H,12H2,1-3H3,(H,24,27). The van der Waals surface area contributed by atoms with Crippen molar-refractivity contribution in [3.05, 3.63) is 54.2 Å². The van der Waals surface area contributed by atoms with E-state index in [2.05, 4.69) is 20.4 Å². The number of rotatable bonds is 8. The van der Waals surface area contributed by atoms with Crippen LogP contribution in [0.5, 0.6) is 11.5 Å². The van der Waals surface area contributed by atoms with Crippen molar-refractivity contribution in [3.63, 3.8) is 0 Å². The Balaban J connectivity index is 1.67. The molecule has 2 aromatic heterocycles. The number of hydrogen-bond donors (Lipinski definition) is 1. The van der Waals surface area contributed by atoms with Gasteiger partial charge in [0.1, 0.15) is 6.04 Å². The number of nitrogens with zero attached hydrogens (tertiary/aromatic N) is 4. The van der Waals surface area contributed by atoms with E-state index in [-0.39, 0.29) is 18.4 Å². The number of hydrogen-bond acceptors (Lipinski definition) is 8. The van der Waals surface area contributed by atoms with E-state index in [0.29, 0.717) is 28.8 Å². The number of pyridine rings is 1. The molecule has 1 amide bonds. The highest BCUT2D eigenvalue weighted by atomic mass is 16.5. The Bertz CT molecular complexity index is 1040. The monoisotopic (exact) mass is 407 g/mol. The first-order valence-corrected chi connectivity index (χ1v) is 9.26. The summed E-state index contributed by atoms with van der Waals surface area (Å²) in [6.45, 7) is 3.63. The average molecular weight is 407 g/mol. The van der Waals surface area contributed by atoms with Crippen LogP contribution in [-0.2, 0) is 4.79 Å². The summed E-state index contributed by atoms with van der Waals surface area (Å²) in [7, 11) is 1.47. The molecule has 1 atom stereocenters. The first-order chi connectivity index (χ1) is 14.5. The molecular weight excluding hydrogens is 386 g/mol. The lowest BCUT2D eigenvalue weighted by molar-refractivity contribution is -0.124. The first kappa shape index (κ1) is 20.8. The Morgan fingerprint density at radius 3 is 2.67 bits per heavy atom. The van der Waals surface area contributed by atoms with Crippen LogP contribution in [-0.4, -0.2) is 34.7 Å². The van der Waals surface area contributed by atoms with Crippen molar-refractivity contribution in [2.75, 3.05) is 13.7 Å². The van der Waals surface area contributed by atoms with Gasteiger partial charge in [-0.05, 0) is 30.2 Å². The summed E-state index contributed by atoms with van der Waals surface area (Å²) in [5, 5.41) is 15.8. The highest BCUT2D eigenvalue weighted by Crippen LogP contribution is 2.28. The predicted octanol–water partition coefficient (Wildman–Crippen LogP) is 2.90. The van der Waals surface area contributed by atoms with Crippen molar-refractivity contribution >= 4 is 5.91 Å². The molecule has 3 aromatic rings. The second kappa shape index (κ2) is 9.52. The topological polar surface area (TPSA) is 123 Å². The highest BCUT2D eigenvalue weighted by Gasteiger charge is 2.25. The van der Waals surface area contributed by atoms with Crippen LogP contribution in [0, 0.1) is 17.2 Å². The Morgan fingerprint density at radius 1 is 1.23 bits per heavy atom. The molecule has 30 heavy (non-hydrogen) atoms. The van der Waals surface area contributed by atoms with Crippen LogP contribution in [0.3, 0.4) is 0 Å². The van der Waals surface area contributed by atoms with Crippen LogP contribution in [0.25, 0.3) is 11.4 Å². The maximum atomic E-state index is 12.5. The van der Waals surface area contributed by atoms with Gasteiger partial charge in [0.15, 0.2) is 18.1 Å². The van der Waals surface area contributed by atoms with Gasteiger partial charge in [0.05, 0.1) is 18.7 Å². The van der Waals surface area contributed by atoms with Crippen molar-refractivity contribution in [3.8, 4) is 29.0 Å². The van der Waals surface area contributed by atoms with Gasteiger partial charge in [-0.3, -0.25) is 9.78 Å². The minimum Gasteiger partial charge on any atom is -0.493 e. The third-order valence-corrected chi connectivity index (χ3v) is 4.28. The fraction of sp³-hybridized carbons (Fsp3) is 0.286. The van der Waals surface area contributed by atoms with E-state index >= 15 is 0 Å². The molecule has 0 radical (unpaired) electrons. The van der Waals surface area contributed by atoms with Gasteiger partial charge in [0.2, 0.25) is 11.7 Å². The molecule has 2 heterocycles. The molecule has 9 heteroatoms. The quantitative estimate of drug-likeness (QED) is 0.605. The average Bonchev–Trinajstić information content (AvgIpc) is 3.26. The number of nitriles is 1. The smallest absolute Gasteiger partial charge is 0.258 e. The second-order valence-electron chi connectivity index (χ2n) is 6.75. The van der Waals surface area contributed by atoms with Crippen molar-refractivity contribution in [1.82, 2.24) is 20.4 Å². The molecule has 0 spiro atoms. The Morgan fingerprint density at radius 2 is 2.00 bits per heavy atom. The summed E-state index contributed by atoms with van der Waals surface area (Å²) in [5.74, 6) is 1.12. The minimum atomic E-state index is -0.480. The maximum Gasteiger partial charge on any atom is 0.258 e. The molecule has 0 fully saturated rings. The van der Waals surface area contributed by atoms with E-state index in [9.17, 15) is 4.79 Å². The van der Waals surface area contributed by atoms with Crippen molar-refractivity contribution in [2.24, 2.45) is 5.92 Å². The first-order valence-electron chi connectivity index (χ1n) is 9.26. The third kappa shape index (κ3) is 4.91. The van der Waals surface area contributed by atoms with Crippen LogP contribution in [0.15, 0.2) is 47.2 Å². The zero-order chi connectivity index (χ0) is 21.5. The summed E-state index contributed by atoms with van der Waals surface area (Å²) in [6.07, 6.45) is 3.28. The van der Waals surface area contributed by atoms with Gasteiger partial charge in [-0.2, -0.15) is 10.2 Å². The van der Waals surface area contributed by atoms with E-state index in [1.807, 2.05) is 19.9 Å². The van der Waals surface area contributed by atoms with Crippen LogP contribution >= 0.6 is 0 Å². The Hall–Kier alpha value is -3.93.